The minimum Gasteiger partial charge on any atom is -0.458 e. The standard InChI is InChI=1S/C24H46O7/c1-2-3-4-5-6-7-8-9-10-11-12-13-14-15-16-17-22(28)31-19-21(27)24(30)23(29)20(26)18-25/h20,23-26,29-30H,2-19H2,1H3/t20-,23+,24+/m1/s1. The maximum absolute atomic E-state index is 11.7. The molecule has 184 valence electrons. The van der Waals surface area contributed by atoms with Crippen molar-refractivity contribution in [2.75, 3.05) is 13.2 Å². The summed E-state index contributed by atoms with van der Waals surface area (Å²) in [6, 6.07) is 0. The number of hydrogen-bond acceptors (Lipinski definition) is 7. The molecule has 0 heterocycles. The van der Waals surface area contributed by atoms with Crippen LogP contribution in [0.4, 0.5) is 0 Å². The average Bonchev–Trinajstić information content (AvgIpc) is 2.78. The second-order valence-corrected chi connectivity index (χ2v) is 8.51. The van der Waals surface area contributed by atoms with Gasteiger partial charge in [-0.1, -0.05) is 96.8 Å². The van der Waals surface area contributed by atoms with Gasteiger partial charge in [0.15, 0.2) is 6.61 Å². The van der Waals surface area contributed by atoms with Gasteiger partial charge < -0.3 is 25.2 Å². The summed E-state index contributed by atoms with van der Waals surface area (Å²) in [6.07, 6.45) is 13.5. The molecule has 0 saturated heterocycles. The molecule has 0 fully saturated rings. The van der Waals surface area contributed by atoms with Gasteiger partial charge in [0.2, 0.25) is 5.78 Å². The first-order chi connectivity index (χ1) is 14.9. The molecule has 0 aliphatic carbocycles. The highest BCUT2D eigenvalue weighted by Crippen LogP contribution is 2.14. The van der Waals surface area contributed by atoms with Crippen LogP contribution in [-0.4, -0.2) is 63.7 Å². The predicted octanol–water partition coefficient (Wildman–Crippen LogP) is 3.44. The minimum absolute atomic E-state index is 0.212. The average molecular weight is 447 g/mol. The minimum atomic E-state index is -1.90. The summed E-state index contributed by atoms with van der Waals surface area (Å²) in [5.74, 6) is -1.43. The summed E-state index contributed by atoms with van der Waals surface area (Å²) in [7, 11) is 0. The number of ether oxygens (including phenoxy) is 1. The summed E-state index contributed by atoms with van der Waals surface area (Å²) in [5.41, 5.74) is 0. The van der Waals surface area contributed by atoms with Crippen molar-refractivity contribution in [1.82, 2.24) is 0 Å². The van der Waals surface area contributed by atoms with E-state index in [9.17, 15) is 24.9 Å². The molecule has 0 spiro atoms. The smallest absolute Gasteiger partial charge is 0.306 e. The first-order valence-corrected chi connectivity index (χ1v) is 12.3. The van der Waals surface area contributed by atoms with E-state index >= 15 is 0 Å². The summed E-state index contributed by atoms with van der Waals surface area (Å²) in [5, 5.41) is 36.9. The van der Waals surface area contributed by atoms with E-state index in [1.165, 1.54) is 77.0 Å². The Labute approximate surface area is 188 Å². The van der Waals surface area contributed by atoms with Crippen LogP contribution in [0.5, 0.6) is 0 Å². The normalized spacial score (nSPS) is 14.2. The molecule has 0 aliphatic rings. The number of aliphatic hydroxyl groups excluding tert-OH is 4. The van der Waals surface area contributed by atoms with Gasteiger partial charge in [-0.15, -0.1) is 0 Å². The van der Waals surface area contributed by atoms with E-state index in [2.05, 4.69) is 6.92 Å². The lowest BCUT2D eigenvalue weighted by Gasteiger charge is -2.20. The Balaban J connectivity index is 3.47. The molecule has 3 atom stereocenters. The second-order valence-electron chi connectivity index (χ2n) is 8.51. The van der Waals surface area contributed by atoms with Crippen molar-refractivity contribution in [3.63, 3.8) is 0 Å². The van der Waals surface area contributed by atoms with Crippen LogP contribution in [0.15, 0.2) is 0 Å². The van der Waals surface area contributed by atoms with Gasteiger partial charge in [-0.05, 0) is 6.42 Å². The van der Waals surface area contributed by atoms with E-state index in [1.54, 1.807) is 0 Å². The number of carbonyl (C=O) groups is 2. The Morgan fingerprint density at radius 2 is 1.13 bits per heavy atom. The lowest BCUT2D eigenvalue weighted by Crippen LogP contribution is -2.45. The zero-order valence-electron chi connectivity index (χ0n) is 19.5. The topological polar surface area (TPSA) is 124 Å². The van der Waals surface area contributed by atoms with Gasteiger partial charge in [-0.2, -0.15) is 0 Å². The zero-order chi connectivity index (χ0) is 23.3. The Morgan fingerprint density at radius 1 is 0.710 bits per heavy atom. The van der Waals surface area contributed by atoms with Crippen molar-refractivity contribution >= 4 is 11.8 Å². The molecule has 0 amide bonds. The van der Waals surface area contributed by atoms with Gasteiger partial charge in [0.25, 0.3) is 0 Å². The number of Topliss-reactive ketones (excluding diaryl/α,β-unsaturated/α-hetero) is 1. The molecule has 0 aromatic rings. The molecular formula is C24H46O7. The fourth-order valence-electron chi connectivity index (χ4n) is 3.46. The van der Waals surface area contributed by atoms with Crippen LogP contribution in [0.3, 0.4) is 0 Å². The van der Waals surface area contributed by atoms with Gasteiger partial charge in [-0.25, -0.2) is 0 Å². The number of ketones is 1. The number of aliphatic hydroxyl groups is 4. The SMILES string of the molecule is CCCCCCCCCCCCCCCCCC(=O)OCC(=O)[C@H](O)[C@@H](O)[C@H](O)CO. The summed E-state index contributed by atoms with van der Waals surface area (Å²) >= 11 is 0. The van der Waals surface area contributed by atoms with Crippen molar-refractivity contribution in [2.24, 2.45) is 0 Å². The van der Waals surface area contributed by atoms with E-state index in [0.717, 1.165) is 12.8 Å². The van der Waals surface area contributed by atoms with Crippen molar-refractivity contribution < 1.29 is 34.8 Å². The molecule has 0 aliphatic heterocycles. The highest BCUT2D eigenvalue weighted by atomic mass is 16.5. The van der Waals surface area contributed by atoms with E-state index in [4.69, 9.17) is 9.84 Å². The molecule has 4 N–H and O–H groups in total. The van der Waals surface area contributed by atoms with E-state index in [1.807, 2.05) is 0 Å². The molecule has 7 heteroatoms. The highest BCUT2D eigenvalue weighted by molar-refractivity contribution is 5.86. The summed E-state index contributed by atoms with van der Waals surface area (Å²) in [6.45, 7) is 0.800. The Morgan fingerprint density at radius 3 is 1.55 bits per heavy atom. The van der Waals surface area contributed by atoms with Crippen LogP contribution in [0.1, 0.15) is 110 Å². The summed E-state index contributed by atoms with van der Waals surface area (Å²) < 4.78 is 4.80. The number of rotatable bonds is 22. The number of carbonyl (C=O) groups excluding carboxylic acids is 2. The Bertz CT molecular complexity index is 442. The van der Waals surface area contributed by atoms with Gasteiger partial charge in [-0.3, -0.25) is 9.59 Å². The van der Waals surface area contributed by atoms with Crippen LogP contribution < -0.4 is 0 Å². The van der Waals surface area contributed by atoms with Crippen molar-refractivity contribution in [3.8, 4) is 0 Å². The third-order valence-corrected chi connectivity index (χ3v) is 5.59. The van der Waals surface area contributed by atoms with Gasteiger partial charge in [0.05, 0.1) is 6.61 Å². The summed E-state index contributed by atoms with van der Waals surface area (Å²) in [4.78, 5) is 23.3. The third kappa shape index (κ3) is 17.2. The fourth-order valence-corrected chi connectivity index (χ4v) is 3.46. The number of unbranched alkanes of at least 4 members (excludes halogenated alkanes) is 14. The Kier molecular flexibility index (Phi) is 20.2. The van der Waals surface area contributed by atoms with Crippen LogP contribution in [0.25, 0.3) is 0 Å². The van der Waals surface area contributed by atoms with E-state index in [-0.39, 0.29) is 6.42 Å². The van der Waals surface area contributed by atoms with Crippen LogP contribution >= 0.6 is 0 Å². The van der Waals surface area contributed by atoms with Gasteiger partial charge in [0.1, 0.15) is 18.3 Å². The largest absolute Gasteiger partial charge is 0.458 e. The molecule has 0 rings (SSSR count). The zero-order valence-corrected chi connectivity index (χ0v) is 19.5. The van der Waals surface area contributed by atoms with Gasteiger partial charge in [0, 0.05) is 6.42 Å². The fraction of sp³-hybridized carbons (Fsp3) is 0.917. The molecule has 31 heavy (non-hydrogen) atoms. The molecule has 0 unspecified atom stereocenters. The lowest BCUT2D eigenvalue weighted by atomic mass is 10.0. The van der Waals surface area contributed by atoms with Crippen LogP contribution in [-0.2, 0) is 14.3 Å². The van der Waals surface area contributed by atoms with Crippen LogP contribution in [0, 0.1) is 0 Å². The molecule has 0 aromatic carbocycles. The quantitative estimate of drug-likeness (QED) is 0.148. The predicted molar refractivity (Wildman–Crippen MR) is 121 cm³/mol. The van der Waals surface area contributed by atoms with Gasteiger partial charge >= 0.3 is 5.97 Å². The molecule has 0 radical (unpaired) electrons. The van der Waals surface area contributed by atoms with Crippen molar-refractivity contribution in [2.45, 2.75) is 128 Å². The van der Waals surface area contributed by atoms with E-state index in [0.29, 0.717) is 6.42 Å². The first-order valence-electron chi connectivity index (χ1n) is 12.3. The third-order valence-electron chi connectivity index (χ3n) is 5.59. The molecule has 7 nitrogen and oxygen atoms in total. The van der Waals surface area contributed by atoms with Crippen LogP contribution in [0.2, 0.25) is 0 Å². The Hall–Kier alpha value is -1.02. The molecule has 0 saturated carbocycles. The maximum Gasteiger partial charge on any atom is 0.306 e. The molecular weight excluding hydrogens is 400 g/mol. The molecule has 0 bridgehead atoms. The van der Waals surface area contributed by atoms with Crippen molar-refractivity contribution in [1.29, 1.82) is 0 Å². The van der Waals surface area contributed by atoms with E-state index < -0.39 is 43.3 Å². The maximum atomic E-state index is 11.7. The number of esters is 1. The number of hydrogen-bond donors (Lipinski definition) is 4. The molecule has 0 aromatic heterocycles. The first kappa shape index (κ1) is 30.0. The second kappa shape index (κ2) is 20.9. The monoisotopic (exact) mass is 446 g/mol. The lowest BCUT2D eigenvalue weighted by molar-refractivity contribution is -0.155. The highest BCUT2D eigenvalue weighted by Gasteiger charge is 2.30. The van der Waals surface area contributed by atoms with Crippen molar-refractivity contribution in [3.05, 3.63) is 0 Å².